The Labute approximate surface area is 90.1 Å². The van der Waals surface area contributed by atoms with Crippen LogP contribution in [-0.2, 0) is 0 Å². The summed E-state index contributed by atoms with van der Waals surface area (Å²) in [5, 5.41) is 15.1. The molecule has 0 saturated heterocycles. The lowest BCUT2D eigenvalue weighted by Crippen LogP contribution is -2.22. The van der Waals surface area contributed by atoms with E-state index in [1.54, 1.807) is 11.3 Å². The Morgan fingerprint density at radius 3 is 3.00 bits per heavy atom. The average Bonchev–Trinajstić information content (AvgIpc) is 2.84. The summed E-state index contributed by atoms with van der Waals surface area (Å²) in [6, 6.07) is 2.63. The van der Waals surface area contributed by atoms with Crippen molar-refractivity contribution >= 4 is 27.3 Å². The maximum Gasteiger partial charge on any atom is 0.102 e. The van der Waals surface area contributed by atoms with Gasteiger partial charge in [-0.05, 0) is 40.2 Å². The highest BCUT2D eigenvalue weighted by Crippen LogP contribution is 2.29. The second-order valence-electron chi connectivity index (χ2n) is 3.33. The number of aliphatic hydroxyl groups is 1. The van der Waals surface area contributed by atoms with E-state index in [-0.39, 0.29) is 6.10 Å². The normalized spacial score (nSPS) is 18.9. The first kappa shape index (κ1) is 9.65. The maximum atomic E-state index is 9.78. The van der Waals surface area contributed by atoms with Gasteiger partial charge in [-0.15, -0.1) is 11.3 Å². The summed E-state index contributed by atoms with van der Waals surface area (Å²) in [7, 11) is 0. The van der Waals surface area contributed by atoms with Gasteiger partial charge in [-0.2, -0.15) is 0 Å². The van der Waals surface area contributed by atoms with Crippen molar-refractivity contribution in [2.45, 2.75) is 25.0 Å². The van der Waals surface area contributed by atoms with Gasteiger partial charge in [0.1, 0.15) is 6.10 Å². The first-order chi connectivity index (χ1) is 6.27. The number of thiophene rings is 1. The van der Waals surface area contributed by atoms with Crippen molar-refractivity contribution < 1.29 is 5.11 Å². The minimum absolute atomic E-state index is 0.366. The lowest BCUT2D eigenvalue weighted by Gasteiger charge is -2.09. The van der Waals surface area contributed by atoms with E-state index in [1.165, 1.54) is 12.8 Å². The lowest BCUT2D eigenvalue weighted by molar-refractivity contribution is 0.177. The number of nitrogens with one attached hydrogen (secondary N) is 1. The monoisotopic (exact) mass is 261 g/mol. The summed E-state index contributed by atoms with van der Waals surface area (Å²) in [6.45, 7) is 0.670. The third-order valence-electron chi connectivity index (χ3n) is 2.12. The molecule has 1 aliphatic rings. The van der Waals surface area contributed by atoms with E-state index in [1.807, 2.05) is 11.4 Å². The number of aliphatic hydroxyl groups excluding tert-OH is 1. The van der Waals surface area contributed by atoms with Gasteiger partial charge in [0.15, 0.2) is 0 Å². The zero-order valence-electron chi connectivity index (χ0n) is 7.16. The van der Waals surface area contributed by atoms with Gasteiger partial charge in [0.05, 0.1) is 0 Å². The number of halogens is 1. The highest BCUT2D eigenvalue weighted by Gasteiger charge is 2.22. The molecule has 1 saturated carbocycles. The molecule has 72 valence electrons. The van der Waals surface area contributed by atoms with E-state index in [0.717, 1.165) is 9.35 Å². The third-order valence-corrected chi connectivity index (χ3v) is 4.10. The fourth-order valence-electron chi connectivity index (χ4n) is 1.20. The van der Waals surface area contributed by atoms with Crippen molar-refractivity contribution in [3.8, 4) is 0 Å². The number of hydrogen-bond donors (Lipinski definition) is 2. The molecule has 1 unspecified atom stereocenters. The van der Waals surface area contributed by atoms with Gasteiger partial charge in [-0.25, -0.2) is 0 Å². The van der Waals surface area contributed by atoms with E-state index in [0.29, 0.717) is 12.6 Å². The van der Waals surface area contributed by atoms with Crippen LogP contribution in [0.2, 0.25) is 0 Å². The molecule has 2 rings (SSSR count). The Bertz CT molecular complexity index is 285. The van der Waals surface area contributed by atoms with Crippen LogP contribution in [0.15, 0.2) is 15.9 Å². The van der Waals surface area contributed by atoms with Gasteiger partial charge >= 0.3 is 0 Å². The fourth-order valence-corrected chi connectivity index (χ4v) is 2.83. The van der Waals surface area contributed by atoms with E-state index in [9.17, 15) is 5.11 Å². The lowest BCUT2D eigenvalue weighted by atomic mass is 10.3. The second-order valence-corrected chi connectivity index (χ2v) is 5.13. The maximum absolute atomic E-state index is 9.78. The van der Waals surface area contributed by atoms with Crippen LogP contribution in [0.1, 0.15) is 23.8 Å². The van der Waals surface area contributed by atoms with Crippen molar-refractivity contribution in [2.75, 3.05) is 6.54 Å². The molecular formula is C9H12BrNOS. The SMILES string of the molecule is OC(CNC1CC1)c1sccc1Br. The van der Waals surface area contributed by atoms with Gasteiger partial charge in [-0.1, -0.05) is 0 Å². The largest absolute Gasteiger partial charge is 0.386 e. The molecule has 0 spiro atoms. The molecule has 0 aromatic carbocycles. The molecule has 1 aliphatic carbocycles. The molecule has 1 aromatic rings. The van der Waals surface area contributed by atoms with Gasteiger partial charge in [0.2, 0.25) is 0 Å². The van der Waals surface area contributed by atoms with E-state index in [4.69, 9.17) is 0 Å². The van der Waals surface area contributed by atoms with Crippen LogP contribution in [0.4, 0.5) is 0 Å². The molecule has 4 heteroatoms. The zero-order valence-corrected chi connectivity index (χ0v) is 9.57. The van der Waals surface area contributed by atoms with Gasteiger partial charge in [0, 0.05) is 21.9 Å². The smallest absolute Gasteiger partial charge is 0.102 e. The highest BCUT2D eigenvalue weighted by atomic mass is 79.9. The van der Waals surface area contributed by atoms with Crippen LogP contribution in [0.25, 0.3) is 0 Å². The van der Waals surface area contributed by atoms with E-state index in [2.05, 4.69) is 21.2 Å². The Morgan fingerprint density at radius 2 is 2.46 bits per heavy atom. The number of rotatable bonds is 4. The quantitative estimate of drug-likeness (QED) is 0.872. The summed E-state index contributed by atoms with van der Waals surface area (Å²) in [5.74, 6) is 0. The summed E-state index contributed by atoms with van der Waals surface area (Å²) in [6.07, 6.45) is 2.16. The Kier molecular flexibility index (Phi) is 3.03. The van der Waals surface area contributed by atoms with Crippen molar-refractivity contribution in [3.05, 3.63) is 20.8 Å². The van der Waals surface area contributed by atoms with Crippen LogP contribution in [-0.4, -0.2) is 17.7 Å². The molecule has 1 aromatic heterocycles. The summed E-state index contributed by atoms with van der Waals surface area (Å²) in [5.41, 5.74) is 0. The summed E-state index contributed by atoms with van der Waals surface area (Å²) in [4.78, 5) is 1.02. The predicted octanol–water partition coefficient (Wildman–Crippen LogP) is 2.30. The van der Waals surface area contributed by atoms with Gasteiger partial charge < -0.3 is 10.4 Å². The molecule has 2 nitrogen and oxygen atoms in total. The Morgan fingerprint density at radius 1 is 1.69 bits per heavy atom. The minimum Gasteiger partial charge on any atom is -0.386 e. The summed E-state index contributed by atoms with van der Waals surface area (Å²) >= 11 is 5.01. The van der Waals surface area contributed by atoms with Gasteiger partial charge in [-0.3, -0.25) is 0 Å². The molecule has 0 aliphatic heterocycles. The van der Waals surface area contributed by atoms with Crippen LogP contribution >= 0.6 is 27.3 Å². The third kappa shape index (κ3) is 2.53. The fraction of sp³-hybridized carbons (Fsp3) is 0.556. The first-order valence-corrected chi connectivity index (χ1v) is 6.09. The van der Waals surface area contributed by atoms with E-state index < -0.39 is 0 Å². The van der Waals surface area contributed by atoms with Gasteiger partial charge in [0.25, 0.3) is 0 Å². The van der Waals surface area contributed by atoms with Crippen molar-refractivity contribution in [1.82, 2.24) is 5.32 Å². The number of hydrogen-bond acceptors (Lipinski definition) is 3. The van der Waals surface area contributed by atoms with Crippen LogP contribution in [0, 0.1) is 0 Å². The predicted molar refractivity (Wildman–Crippen MR) is 58.0 cm³/mol. The second kappa shape index (κ2) is 4.09. The average molecular weight is 262 g/mol. The van der Waals surface area contributed by atoms with E-state index >= 15 is 0 Å². The topological polar surface area (TPSA) is 32.3 Å². The molecular weight excluding hydrogens is 250 g/mol. The Balaban J connectivity index is 1.88. The molecule has 0 radical (unpaired) electrons. The molecule has 1 atom stereocenters. The van der Waals surface area contributed by atoms with Crippen molar-refractivity contribution in [2.24, 2.45) is 0 Å². The molecule has 1 heterocycles. The molecule has 1 fully saturated rings. The molecule has 2 N–H and O–H groups in total. The molecule has 0 amide bonds. The highest BCUT2D eigenvalue weighted by molar-refractivity contribution is 9.10. The molecule has 0 bridgehead atoms. The van der Waals surface area contributed by atoms with Crippen molar-refractivity contribution in [1.29, 1.82) is 0 Å². The molecule has 13 heavy (non-hydrogen) atoms. The van der Waals surface area contributed by atoms with Crippen LogP contribution in [0.3, 0.4) is 0 Å². The zero-order chi connectivity index (χ0) is 9.26. The standard InChI is InChI=1S/C9H12BrNOS/c10-7-3-4-13-9(7)8(12)5-11-6-1-2-6/h3-4,6,8,11-12H,1-2,5H2. The Hall–Kier alpha value is 0.100. The van der Waals surface area contributed by atoms with Crippen LogP contribution in [0.5, 0.6) is 0 Å². The first-order valence-electron chi connectivity index (χ1n) is 4.41. The van der Waals surface area contributed by atoms with Crippen molar-refractivity contribution in [3.63, 3.8) is 0 Å². The van der Waals surface area contributed by atoms with Crippen LogP contribution < -0.4 is 5.32 Å². The minimum atomic E-state index is -0.366. The summed E-state index contributed by atoms with van der Waals surface area (Å²) < 4.78 is 1.02.